The number of nitrogens with one attached hydrogen (secondary N) is 1. The van der Waals surface area contributed by atoms with Crippen LogP contribution in [0.1, 0.15) is 51.0 Å². The van der Waals surface area contributed by atoms with Gasteiger partial charge in [0.1, 0.15) is 0 Å². The molecule has 0 atom stereocenters. The molecule has 1 amide bonds. The number of aryl methyl sites for hydroxylation is 1. The molecule has 1 saturated heterocycles. The molecular formula is C20H30N2OS. The zero-order chi connectivity index (χ0) is 17.0. The fraction of sp³-hybridized carbons (Fsp3) is 0.650. The Kier molecular flexibility index (Phi) is 5.88. The van der Waals surface area contributed by atoms with Crippen molar-refractivity contribution in [2.24, 2.45) is 0 Å². The molecule has 3 nitrogen and oxygen atoms in total. The summed E-state index contributed by atoms with van der Waals surface area (Å²) in [5.41, 5.74) is 1.33. The lowest BCUT2D eigenvalue weighted by molar-refractivity contribution is -0.129. The van der Waals surface area contributed by atoms with Gasteiger partial charge >= 0.3 is 0 Å². The highest BCUT2D eigenvalue weighted by Gasteiger charge is 2.35. The predicted octanol–water partition coefficient (Wildman–Crippen LogP) is 4.00. The van der Waals surface area contributed by atoms with Crippen molar-refractivity contribution in [2.75, 3.05) is 19.6 Å². The zero-order valence-corrected chi connectivity index (χ0v) is 15.8. The fourth-order valence-corrected chi connectivity index (χ4v) is 5.34. The quantitative estimate of drug-likeness (QED) is 0.874. The number of nitrogens with zero attached hydrogens (tertiary/aromatic N) is 1. The van der Waals surface area contributed by atoms with Gasteiger partial charge in [-0.25, -0.2) is 0 Å². The van der Waals surface area contributed by atoms with E-state index < -0.39 is 0 Å². The molecule has 0 aromatic heterocycles. The minimum Gasteiger partial charge on any atom is -0.343 e. The molecule has 0 radical (unpaired) electrons. The van der Waals surface area contributed by atoms with Crippen LogP contribution in [0.5, 0.6) is 0 Å². The van der Waals surface area contributed by atoms with Crippen LogP contribution in [0, 0.1) is 6.92 Å². The predicted molar refractivity (Wildman–Crippen MR) is 102 cm³/mol. The number of hydrogen-bond donors (Lipinski definition) is 1. The molecule has 1 aromatic rings. The Hall–Kier alpha value is -1.00. The van der Waals surface area contributed by atoms with E-state index in [4.69, 9.17) is 0 Å². The van der Waals surface area contributed by atoms with Crippen molar-refractivity contribution in [3.8, 4) is 0 Å². The summed E-state index contributed by atoms with van der Waals surface area (Å²) in [5, 5.41) is 3.84. The third-order valence-electron chi connectivity index (χ3n) is 5.52. The van der Waals surface area contributed by atoms with E-state index in [1.165, 1.54) is 36.1 Å². The summed E-state index contributed by atoms with van der Waals surface area (Å²) in [6.07, 6.45) is 7.50. The summed E-state index contributed by atoms with van der Waals surface area (Å²) in [6.45, 7) is 6.74. The summed E-state index contributed by atoms with van der Waals surface area (Å²) in [7, 11) is 0. The van der Waals surface area contributed by atoms with Crippen LogP contribution in [0.2, 0.25) is 0 Å². The van der Waals surface area contributed by atoms with Crippen LogP contribution in [0.25, 0.3) is 0 Å². The number of likely N-dealkylation sites (tertiary alicyclic amines) is 1. The van der Waals surface area contributed by atoms with E-state index in [2.05, 4.69) is 48.3 Å². The minimum absolute atomic E-state index is 0.218. The maximum atomic E-state index is 11.5. The van der Waals surface area contributed by atoms with Gasteiger partial charge in [0, 0.05) is 42.2 Å². The molecule has 0 bridgehead atoms. The number of amides is 1. The average Bonchev–Trinajstić information content (AvgIpc) is 3.04. The van der Waals surface area contributed by atoms with Crippen molar-refractivity contribution >= 4 is 17.7 Å². The third-order valence-corrected chi connectivity index (χ3v) is 7.02. The molecule has 0 unspecified atom stereocenters. The van der Waals surface area contributed by atoms with Gasteiger partial charge in [-0.2, -0.15) is 0 Å². The summed E-state index contributed by atoms with van der Waals surface area (Å²) < 4.78 is 0.354. The van der Waals surface area contributed by atoms with Crippen molar-refractivity contribution < 1.29 is 4.79 Å². The fourth-order valence-electron chi connectivity index (χ4n) is 3.92. The van der Waals surface area contributed by atoms with Crippen molar-refractivity contribution in [1.29, 1.82) is 0 Å². The monoisotopic (exact) mass is 346 g/mol. The molecule has 1 saturated carbocycles. The molecule has 1 heterocycles. The van der Waals surface area contributed by atoms with Gasteiger partial charge in [0.05, 0.1) is 0 Å². The Morgan fingerprint density at radius 1 is 1.21 bits per heavy atom. The van der Waals surface area contributed by atoms with E-state index in [1.807, 2.05) is 4.90 Å². The van der Waals surface area contributed by atoms with Crippen LogP contribution in [0.4, 0.5) is 0 Å². The molecule has 2 aliphatic rings. The number of piperidine rings is 1. The van der Waals surface area contributed by atoms with Gasteiger partial charge in [0.2, 0.25) is 5.91 Å². The van der Waals surface area contributed by atoms with Crippen LogP contribution in [0.3, 0.4) is 0 Å². The molecule has 132 valence electrons. The Morgan fingerprint density at radius 3 is 2.42 bits per heavy atom. The van der Waals surface area contributed by atoms with E-state index in [0.29, 0.717) is 10.8 Å². The summed E-state index contributed by atoms with van der Waals surface area (Å²) in [6, 6.07) is 9.54. The zero-order valence-electron chi connectivity index (χ0n) is 15.0. The Balaban J connectivity index is 1.54. The Morgan fingerprint density at radius 2 is 1.83 bits per heavy atom. The summed E-state index contributed by atoms with van der Waals surface area (Å²) in [4.78, 5) is 14.8. The van der Waals surface area contributed by atoms with Crippen LogP contribution in [-0.4, -0.2) is 41.2 Å². The lowest BCUT2D eigenvalue weighted by Gasteiger charge is -2.35. The standard InChI is InChI=1S/C20H30N2OS/c1-16-5-7-19(8-6-16)24-20(11-3-4-12-20)15-21-18-9-13-22(14-10-18)17(2)23/h5-8,18,21H,3-4,9-15H2,1-2H3. The molecule has 4 heteroatoms. The molecule has 2 fully saturated rings. The molecule has 1 aromatic carbocycles. The second-order valence-electron chi connectivity index (χ2n) is 7.47. The normalized spacial score (nSPS) is 21.2. The molecule has 1 aliphatic carbocycles. The van der Waals surface area contributed by atoms with Crippen molar-refractivity contribution in [3.05, 3.63) is 29.8 Å². The molecule has 1 N–H and O–H groups in total. The minimum atomic E-state index is 0.218. The lowest BCUT2D eigenvalue weighted by atomic mass is 10.0. The SMILES string of the molecule is CC(=O)N1CCC(NCC2(Sc3ccc(C)cc3)CCCC2)CC1. The number of thioether (sulfide) groups is 1. The number of hydrogen-bond acceptors (Lipinski definition) is 3. The highest BCUT2D eigenvalue weighted by molar-refractivity contribution is 8.00. The van der Waals surface area contributed by atoms with Gasteiger partial charge in [-0.15, -0.1) is 11.8 Å². The van der Waals surface area contributed by atoms with Crippen molar-refractivity contribution in [2.45, 2.75) is 68.1 Å². The smallest absolute Gasteiger partial charge is 0.219 e. The maximum Gasteiger partial charge on any atom is 0.219 e. The van der Waals surface area contributed by atoms with Crippen molar-refractivity contribution in [3.63, 3.8) is 0 Å². The second-order valence-corrected chi connectivity index (χ2v) is 9.01. The molecule has 24 heavy (non-hydrogen) atoms. The Labute approximate surface area is 150 Å². The van der Waals surface area contributed by atoms with E-state index in [1.54, 1.807) is 6.92 Å². The van der Waals surface area contributed by atoms with Gasteiger partial charge in [-0.05, 0) is 44.7 Å². The van der Waals surface area contributed by atoms with Crippen LogP contribution < -0.4 is 5.32 Å². The highest BCUT2D eigenvalue weighted by Crippen LogP contribution is 2.45. The van der Waals surface area contributed by atoms with E-state index in [-0.39, 0.29) is 5.91 Å². The van der Waals surface area contributed by atoms with E-state index in [9.17, 15) is 4.79 Å². The second kappa shape index (κ2) is 7.92. The first-order chi connectivity index (χ1) is 11.6. The first-order valence-corrected chi connectivity index (χ1v) is 10.1. The van der Waals surface area contributed by atoms with Gasteiger partial charge in [-0.1, -0.05) is 30.5 Å². The number of carbonyl (C=O) groups excluding carboxylic acids is 1. The van der Waals surface area contributed by atoms with Crippen LogP contribution in [-0.2, 0) is 4.79 Å². The maximum absolute atomic E-state index is 11.5. The first-order valence-electron chi connectivity index (χ1n) is 9.31. The molecule has 1 aliphatic heterocycles. The van der Waals surface area contributed by atoms with Gasteiger partial charge in [0.15, 0.2) is 0 Å². The molecule has 0 spiro atoms. The third kappa shape index (κ3) is 4.54. The number of carbonyl (C=O) groups is 1. The van der Waals surface area contributed by atoms with Crippen LogP contribution >= 0.6 is 11.8 Å². The first kappa shape index (κ1) is 17.8. The average molecular weight is 347 g/mol. The molecular weight excluding hydrogens is 316 g/mol. The number of rotatable bonds is 5. The van der Waals surface area contributed by atoms with E-state index >= 15 is 0 Å². The summed E-state index contributed by atoms with van der Waals surface area (Å²) >= 11 is 2.07. The lowest BCUT2D eigenvalue weighted by Crippen LogP contribution is -2.47. The topological polar surface area (TPSA) is 32.3 Å². The van der Waals surface area contributed by atoms with Crippen LogP contribution in [0.15, 0.2) is 29.2 Å². The number of benzene rings is 1. The van der Waals surface area contributed by atoms with E-state index in [0.717, 1.165) is 32.5 Å². The van der Waals surface area contributed by atoms with Gasteiger partial charge in [-0.3, -0.25) is 4.79 Å². The Bertz CT molecular complexity index is 543. The molecule has 3 rings (SSSR count). The van der Waals surface area contributed by atoms with Gasteiger partial charge < -0.3 is 10.2 Å². The van der Waals surface area contributed by atoms with Crippen molar-refractivity contribution in [1.82, 2.24) is 10.2 Å². The summed E-state index contributed by atoms with van der Waals surface area (Å²) in [5.74, 6) is 0.218. The highest BCUT2D eigenvalue weighted by atomic mass is 32.2. The van der Waals surface area contributed by atoms with Gasteiger partial charge in [0.25, 0.3) is 0 Å². The largest absolute Gasteiger partial charge is 0.343 e.